The van der Waals surface area contributed by atoms with E-state index < -0.39 is 9.84 Å². The maximum Gasteiger partial charge on any atom is 0.339 e. The quantitative estimate of drug-likeness (QED) is 0.778. The number of ether oxygens (including phenoxy) is 1. The maximum absolute atomic E-state index is 12.3. The van der Waals surface area contributed by atoms with Gasteiger partial charge in [0.05, 0.1) is 10.5 Å². The normalized spacial score (nSPS) is 19.6. The van der Waals surface area contributed by atoms with Crippen LogP contribution in [0.5, 0.6) is 0 Å². The Morgan fingerprint density at radius 3 is 2.40 bits per heavy atom. The zero-order valence-corrected chi connectivity index (χ0v) is 15.3. The van der Waals surface area contributed by atoms with E-state index in [1.54, 1.807) is 24.3 Å². The van der Waals surface area contributed by atoms with Gasteiger partial charge in [-0.3, -0.25) is 0 Å². The van der Waals surface area contributed by atoms with Gasteiger partial charge < -0.3 is 4.74 Å². The molecule has 0 radical (unpaired) electrons. The summed E-state index contributed by atoms with van der Waals surface area (Å²) in [6.07, 6.45) is 11.1. The van der Waals surface area contributed by atoms with Crippen LogP contribution in [0, 0.1) is 5.41 Å². The molecule has 0 aromatic heterocycles. The molecule has 0 spiro atoms. The van der Waals surface area contributed by atoms with E-state index in [9.17, 15) is 13.2 Å². The van der Waals surface area contributed by atoms with Crippen molar-refractivity contribution in [3.05, 3.63) is 71.4 Å². The molecule has 3 rings (SSSR count). The first-order valence-corrected chi connectivity index (χ1v) is 9.86. The summed E-state index contributed by atoms with van der Waals surface area (Å²) in [5.74, 6) is -0.351. The van der Waals surface area contributed by atoms with Gasteiger partial charge >= 0.3 is 5.97 Å². The lowest BCUT2D eigenvalue weighted by molar-refractivity contribution is -0.135. The van der Waals surface area contributed by atoms with Gasteiger partial charge in [-0.15, -0.1) is 0 Å². The van der Waals surface area contributed by atoms with Gasteiger partial charge in [-0.05, 0) is 23.3 Å². The highest BCUT2D eigenvalue weighted by molar-refractivity contribution is 7.90. The number of esters is 1. The zero-order valence-electron chi connectivity index (χ0n) is 14.4. The Kier molecular flexibility index (Phi) is 4.29. The molecular formula is C20H20O4S. The summed E-state index contributed by atoms with van der Waals surface area (Å²) in [6, 6.07) is 6.55. The zero-order chi connectivity index (χ0) is 18.2. The number of rotatable bonds is 3. The highest BCUT2D eigenvalue weighted by Crippen LogP contribution is 2.35. The second kappa shape index (κ2) is 6.15. The van der Waals surface area contributed by atoms with Crippen molar-refractivity contribution in [3.63, 3.8) is 0 Å². The first-order chi connectivity index (χ1) is 11.7. The van der Waals surface area contributed by atoms with Crippen molar-refractivity contribution >= 4 is 21.4 Å². The molecule has 130 valence electrons. The van der Waals surface area contributed by atoms with Gasteiger partial charge in [0.25, 0.3) is 0 Å². The van der Waals surface area contributed by atoms with Crippen molar-refractivity contribution in [3.8, 4) is 0 Å². The number of carbonyl (C=O) groups excluding carboxylic acids is 1. The predicted octanol–water partition coefficient (Wildman–Crippen LogP) is 3.48. The van der Waals surface area contributed by atoms with Crippen LogP contribution in [0.4, 0.5) is 0 Å². The van der Waals surface area contributed by atoms with E-state index in [2.05, 4.69) is 19.9 Å². The molecule has 0 fully saturated rings. The van der Waals surface area contributed by atoms with Gasteiger partial charge in [-0.25, -0.2) is 13.2 Å². The average Bonchev–Trinajstić information content (AvgIpc) is 2.81. The van der Waals surface area contributed by atoms with Crippen LogP contribution in [-0.4, -0.2) is 27.2 Å². The van der Waals surface area contributed by atoms with E-state index in [1.807, 2.05) is 24.3 Å². The lowest BCUT2D eigenvalue weighted by atomic mass is 9.88. The van der Waals surface area contributed by atoms with Crippen LogP contribution in [0.25, 0.3) is 5.57 Å². The van der Waals surface area contributed by atoms with Gasteiger partial charge in [0.15, 0.2) is 9.84 Å². The molecule has 1 aliphatic heterocycles. The van der Waals surface area contributed by atoms with E-state index >= 15 is 0 Å². The molecule has 0 saturated heterocycles. The standard InChI is InChI=1S/C20H20O4S/c1-20(2)11-5-4-6-15(12-20)18-17(13-24-19(18)21)14-7-9-16(10-8-14)25(3,22)23/h4-12H,13H2,1-3H3. The number of cyclic esters (lactones) is 1. The van der Waals surface area contributed by atoms with Crippen LogP contribution in [0.15, 0.2) is 70.7 Å². The maximum atomic E-state index is 12.3. The molecule has 5 heteroatoms. The van der Waals surface area contributed by atoms with Crippen LogP contribution in [0.1, 0.15) is 19.4 Å². The SMILES string of the molecule is CC1(C)C=CC=CC(C2=C(c3ccc(S(C)(=O)=O)cc3)COC2=O)=C1. The van der Waals surface area contributed by atoms with Crippen molar-refractivity contribution in [1.29, 1.82) is 0 Å². The lowest BCUT2D eigenvalue weighted by Gasteiger charge is -2.15. The van der Waals surface area contributed by atoms with Gasteiger partial charge in [-0.1, -0.05) is 56.4 Å². The Hall–Kier alpha value is -2.40. The Morgan fingerprint density at radius 1 is 1.08 bits per heavy atom. The first kappa shape index (κ1) is 17.4. The fraction of sp³-hybridized carbons (Fsp3) is 0.250. The highest BCUT2D eigenvalue weighted by atomic mass is 32.2. The van der Waals surface area contributed by atoms with E-state index in [0.29, 0.717) is 5.57 Å². The Bertz CT molecular complexity index is 940. The molecule has 1 aromatic rings. The first-order valence-electron chi connectivity index (χ1n) is 7.97. The minimum Gasteiger partial charge on any atom is -0.457 e. The van der Waals surface area contributed by atoms with Gasteiger partial charge in [0.1, 0.15) is 6.61 Å². The summed E-state index contributed by atoms with van der Waals surface area (Å²) in [4.78, 5) is 12.6. The van der Waals surface area contributed by atoms with Crippen LogP contribution >= 0.6 is 0 Å². The number of carbonyl (C=O) groups is 1. The Morgan fingerprint density at radius 2 is 1.76 bits per heavy atom. The molecule has 1 aliphatic carbocycles. The van der Waals surface area contributed by atoms with Crippen LogP contribution < -0.4 is 0 Å². The monoisotopic (exact) mass is 356 g/mol. The molecule has 0 amide bonds. The summed E-state index contributed by atoms with van der Waals surface area (Å²) < 4.78 is 28.5. The molecule has 0 N–H and O–H groups in total. The van der Waals surface area contributed by atoms with E-state index in [1.165, 1.54) is 6.26 Å². The summed E-state index contributed by atoms with van der Waals surface area (Å²) in [5, 5.41) is 0. The smallest absolute Gasteiger partial charge is 0.339 e. The van der Waals surface area contributed by atoms with Gasteiger partial charge in [0, 0.05) is 17.2 Å². The molecule has 0 bridgehead atoms. The van der Waals surface area contributed by atoms with Crippen LogP contribution in [0.3, 0.4) is 0 Å². The molecular weight excluding hydrogens is 336 g/mol. The summed E-state index contributed by atoms with van der Waals surface area (Å²) in [7, 11) is -3.25. The molecule has 2 aliphatic rings. The summed E-state index contributed by atoms with van der Waals surface area (Å²) in [5.41, 5.74) is 2.75. The van der Waals surface area contributed by atoms with E-state index in [4.69, 9.17) is 4.74 Å². The minimum atomic E-state index is -3.25. The lowest BCUT2D eigenvalue weighted by Crippen LogP contribution is -2.07. The number of allylic oxidation sites excluding steroid dienone is 5. The largest absolute Gasteiger partial charge is 0.457 e. The van der Waals surface area contributed by atoms with Crippen LogP contribution in [-0.2, 0) is 19.4 Å². The number of sulfone groups is 1. The van der Waals surface area contributed by atoms with E-state index in [0.717, 1.165) is 16.7 Å². The third kappa shape index (κ3) is 3.66. The minimum absolute atomic E-state index is 0.181. The second-order valence-electron chi connectivity index (χ2n) is 6.87. The number of benzene rings is 1. The summed E-state index contributed by atoms with van der Waals surface area (Å²) in [6.45, 7) is 4.32. The predicted molar refractivity (Wildman–Crippen MR) is 97.6 cm³/mol. The number of hydrogen-bond donors (Lipinski definition) is 0. The molecule has 0 atom stereocenters. The second-order valence-corrected chi connectivity index (χ2v) is 8.88. The average molecular weight is 356 g/mol. The fourth-order valence-electron chi connectivity index (χ4n) is 2.94. The molecule has 1 heterocycles. The third-order valence-corrected chi connectivity index (χ3v) is 5.34. The Labute approximate surface area is 148 Å². The Balaban J connectivity index is 2.10. The van der Waals surface area contributed by atoms with Crippen molar-refractivity contribution in [2.24, 2.45) is 5.41 Å². The summed E-state index contributed by atoms with van der Waals surface area (Å²) >= 11 is 0. The molecule has 25 heavy (non-hydrogen) atoms. The van der Waals surface area contributed by atoms with E-state index in [-0.39, 0.29) is 22.9 Å². The molecule has 4 nitrogen and oxygen atoms in total. The van der Waals surface area contributed by atoms with Crippen molar-refractivity contribution in [1.82, 2.24) is 0 Å². The molecule has 1 aromatic carbocycles. The van der Waals surface area contributed by atoms with Gasteiger partial charge in [-0.2, -0.15) is 0 Å². The van der Waals surface area contributed by atoms with Crippen molar-refractivity contribution < 1.29 is 17.9 Å². The van der Waals surface area contributed by atoms with Crippen molar-refractivity contribution in [2.45, 2.75) is 18.7 Å². The molecule has 0 unspecified atom stereocenters. The molecule has 0 saturated carbocycles. The van der Waals surface area contributed by atoms with Gasteiger partial charge in [0.2, 0.25) is 0 Å². The van der Waals surface area contributed by atoms with Crippen LogP contribution in [0.2, 0.25) is 0 Å². The topological polar surface area (TPSA) is 60.4 Å². The van der Waals surface area contributed by atoms with Crippen molar-refractivity contribution in [2.75, 3.05) is 12.9 Å². The fourth-order valence-corrected chi connectivity index (χ4v) is 3.57. The number of hydrogen-bond acceptors (Lipinski definition) is 4. The third-order valence-electron chi connectivity index (χ3n) is 4.21. The highest BCUT2D eigenvalue weighted by Gasteiger charge is 2.29.